The average molecular weight is 428 g/mol. The number of rotatable bonds is 5. The molecule has 0 unspecified atom stereocenters. The van der Waals surface area contributed by atoms with Crippen molar-refractivity contribution in [3.05, 3.63) is 57.7 Å². The molecule has 9 heteroatoms. The fourth-order valence-corrected chi connectivity index (χ4v) is 5.80. The second-order valence-corrected chi connectivity index (χ2v) is 8.76. The molecule has 27 heavy (non-hydrogen) atoms. The molecule has 142 valence electrons. The number of carbonyl (C=O) groups is 1. The van der Waals surface area contributed by atoms with Gasteiger partial charge in [0.05, 0.1) is 17.3 Å². The van der Waals surface area contributed by atoms with Gasteiger partial charge in [-0.15, -0.1) is 11.3 Å². The molecular formula is C18H15ClFNO4S2. The third kappa shape index (κ3) is 3.78. The standard InChI is InChI=1S/C18H15ClFNO4S2/c1-3-25-18(22)16-17(15-12(20)5-4-6-14(15)26-16)27(23,24)21-13-8-7-10(2)9-11(13)19/h4-9,21H,3H2,1-2H3. The third-order valence-corrected chi connectivity index (χ3v) is 6.73. The lowest BCUT2D eigenvalue weighted by Gasteiger charge is -2.11. The van der Waals surface area contributed by atoms with Gasteiger partial charge in [0, 0.05) is 10.1 Å². The van der Waals surface area contributed by atoms with Crippen molar-refractivity contribution in [2.45, 2.75) is 18.7 Å². The van der Waals surface area contributed by atoms with Gasteiger partial charge in [-0.2, -0.15) is 0 Å². The van der Waals surface area contributed by atoms with Crippen LogP contribution >= 0.6 is 22.9 Å². The Hall–Kier alpha value is -2.16. The molecule has 0 fully saturated rings. The summed E-state index contributed by atoms with van der Waals surface area (Å²) in [5, 5.41) is 0.0394. The SMILES string of the molecule is CCOC(=O)c1sc2cccc(F)c2c1S(=O)(=O)Nc1ccc(C)cc1Cl. The average Bonchev–Trinajstić information content (AvgIpc) is 3.00. The lowest BCUT2D eigenvalue weighted by molar-refractivity contribution is 0.0528. The van der Waals surface area contributed by atoms with Gasteiger partial charge in [0.25, 0.3) is 10.0 Å². The number of anilines is 1. The number of thiophene rings is 1. The molecule has 0 atom stereocenters. The Kier molecular flexibility index (Phi) is 5.41. The maximum absolute atomic E-state index is 14.4. The van der Waals surface area contributed by atoms with Crippen LogP contribution in [0.1, 0.15) is 22.2 Å². The van der Waals surface area contributed by atoms with E-state index in [1.54, 1.807) is 25.1 Å². The second kappa shape index (κ2) is 7.46. The van der Waals surface area contributed by atoms with Crippen LogP contribution in [-0.4, -0.2) is 21.0 Å². The number of ether oxygens (including phenoxy) is 1. The van der Waals surface area contributed by atoms with E-state index in [4.69, 9.17) is 16.3 Å². The van der Waals surface area contributed by atoms with Gasteiger partial charge in [0.2, 0.25) is 0 Å². The Bertz CT molecular complexity index is 1140. The summed E-state index contributed by atoms with van der Waals surface area (Å²) in [4.78, 5) is 11.7. The largest absolute Gasteiger partial charge is 0.462 e. The number of hydrogen-bond donors (Lipinski definition) is 1. The van der Waals surface area contributed by atoms with E-state index in [9.17, 15) is 17.6 Å². The van der Waals surface area contributed by atoms with Gasteiger partial charge in [-0.05, 0) is 43.7 Å². The fourth-order valence-electron chi connectivity index (χ4n) is 2.57. The molecule has 1 N–H and O–H groups in total. The predicted molar refractivity (Wildman–Crippen MR) is 105 cm³/mol. The van der Waals surface area contributed by atoms with E-state index in [-0.39, 0.29) is 27.6 Å². The molecule has 1 heterocycles. The highest BCUT2D eigenvalue weighted by molar-refractivity contribution is 7.93. The lowest BCUT2D eigenvalue weighted by Crippen LogP contribution is -2.17. The Morgan fingerprint density at radius 1 is 1.30 bits per heavy atom. The summed E-state index contributed by atoms with van der Waals surface area (Å²) in [6.45, 7) is 3.47. The molecule has 0 aliphatic carbocycles. The number of aryl methyl sites for hydroxylation is 1. The van der Waals surface area contributed by atoms with Gasteiger partial charge in [0.1, 0.15) is 15.6 Å². The van der Waals surface area contributed by atoms with Gasteiger partial charge in [0.15, 0.2) is 0 Å². The van der Waals surface area contributed by atoms with Gasteiger partial charge in [-0.25, -0.2) is 17.6 Å². The smallest absolute Gasteiger partial charge is 0.349 e. The first kappa shape index (κ1) is 19.6. The van der Waals surface area contributed by atoms with Crippen molar-refractivity contribution in [1.82, 2.24) is 0 Å². The molecule has 5 nitrogen and oxygen atoms in total. The zero-order valence-electron chi connectivity index (χ0n) is 14.4. The summed E-state index contributed by atoms with van der Waals surface area (Å²) in [7, 11) is -4.31. The van der Waals surface area contributed by atoms with Crippen molar-refractivity contribution in [2.24, 2.45) is 0 Å². The molecule has 0 aliphatic heterocycles. The van der Waals surface area contributed by atoms with Crippen LogP contribution in [0, 0.1) is 12.7 Å². The number of hydrogen-bond acceptors (Lipinski definition) is 5. The molecule has 0 aliphatic rings. The van der Waals surface area contributed by atoms with Crippen LogP contribution in [0.15, 0.2) is 41.3 Å². The first-order chi connectivity index (χ1) is 12.7. The van der Waals surface area contributed by atoms with Crippen LogP contribution in [0.25, 0.3) is 10.1 Å². The van der Waals surface area contributed by atoms with Crippen molar-refractivity contribution in [2.75, 3.05) is 11.3 Å². The Labute approximate surface area is 164 Å². The second-order valence-electron chi connectivity index (χ2n) is 5.68. The molecule has 0 amide bonds. The lowest BCUT2D eigenvalue weighted by atomic mass is 10.2. The molecule has 3 rings (SSSR count). The predicted octanol–water partition coefficient (Wildman–Crippen LogP) is 4.98. The molecule has 0 radical (unpaired) electrons. The zero-order valence-corrected chi connectivity index (χ0v) is 16.8. The third-order valence-electron chi connectivity index (χ3n) is 3.72. The summed E-state index contributed by atoms with van der Waals surface area (Å²) < 4.78 is 48.2. The van der Waals surface area contributed by atoms with Crippen molar-refractivity contribution < 1.29 is 22.3 Å². The first-order valence-electron chi connectivity index (χ1n) is 7.91. The zero-order chi connectivity index (χ0) is 19.8. The minimum Gasteiger partial charge on any atom is -0.462 e. The molecule has 2 aromatic carbocycles. The van der Waals surface area contributed by atoms with Gasteiger partial charge in [-0.1, -0.05) is 23.7 Å². The Balaban J connectivity index is 2.21. The molecule has 1 aromatic heterocycles. The van der Waals surface area contributed by atoms with E-state index in [0.717, 1.165) is 23.0 Å². The Morgan fingerprint density at radius 3 is 2.70 bits per heavy atom. The topological polar surface area (TPSA) is 72.5 Å². The van der Waals surface area contributed by atoms with E-state index >= 15 is 0 Å². The van der Waals surface area contributed by atoms with Crippen molar-refractivity contribution >= 4 is 54.7 Å². The van der Waals surface area contributed by atoms with Gasteiger partial charge >= 0.3 is 5.97 Å². The van der Waals surface area contributed by atoms with Crippen LogP contribution in [0.2, 0.25) is 5.02 Å². The van der Waals surface area contributed by atoms with Crippen LogP contribution in [0.3, 0.4) is 0 Å². The van der Waals surface area contributed by atoms with Crippen molar-refractivity contribution in [3.8, 4) is 0 Å². The van der Waals surface area contributed by atoms with Crippen LogP contribution in [0.5, 0.6) is 0 Å². The summed E-state index contributed by atoms with van der Waals surface area (Å²) >= 11 is 6.97. The quantitative estimate of drug-likeness (QED) is 0.583. The minimum atomic E-state index is -4.31. The van der Waals surface area contributed by atoms with E-state index in [1.807, 2.05) is 6.92 Å². The highest BCUT2D eigenvalue weighted by Gasteiger charge is 2.31. The number of benzene rings is 2. The normalized spacial score (nSPS) is 11.6. The van der Waals surface area contributed by atoms with Gasteiger partial charge < -0.3 is 4.74 Å². The van der Waals surface area contributed by atoms with E-state index in [0.29, 0.717) is 4.70 Å². The monoisotopic (exact) mass is 427 g/mol. The summed E-state index contributed by atoms with van der Waals surface area (Å²) in [5.74, 6) is -1.57. The number of fused-ring (bicyclic) bond motifs is 1. The maximum atomic E-state index is 14.4. The van der Waals surface area contributed by atoms with Crippen molar-refractivity contribution in [1.29, 1.82) is 0 Å². The molecule has 0 bridgehead atoms. The van der Waals surface area contributed by atoms with Crippen LogP contribution in [0.4, 0.5) is 10.1 Å². The number of esters is 1. The summed E-state index contributed by atoms with van der Waals surface area (Å²) in [6.07, 6.45) is 0. The maximum Gasteiger partial charge on any atom is 0.349 e. The van der Waals surface area contributed by atoms with E-state index < -0.39 is 26.7 Å². The molecule has 0 saturated carbocycles. The Morgan fingerprint density at radius 2 is 2.04 bits per heavy atom. The molecule has 0 saturated heterocycles. The minimum absolute atomic E-state index is 0.0618. The van der Waals surface area contributed by atoms with Crippen molar-refractivity contribution in [3.63, 3.8) is 0 Å². The molecule has 3 aromatic rings. The highest BCUT2D eigenvalue weighted by Crippen LogP contribution is 2.38. The van der Waals surface area contributed by atoms with Gasteiger partial charge in [-0.3, -0.25) is 4.72 Å². The first-order valence-corrected chi connectivity index (χ1v) is 10.6. The number of sulfonamides is 1. The van der Waals surface area contributed by atoms with E-state index in [1.165, 1.54) is 12.1 Å². The molecule has 0 spiro atoms. The summed E-state index contributed by atoms with van der Waals surface area (Å²) in [5.41, 5.74) is 0.981. The molecular weight excluding hydrogens is 413 g/mol. The fraction of sp³-hybridized carbons (Fsp3) is 0.167. The highest BCUT2D eigenvalue weighted by atomic mass is 35.5. The van der Waals surface area contributed by atoms with Crippen LogP contribution < -0.4 is 4.72 Å². The van der Waals surface area contributed by atoms with E-state index in [2.05, 4.69) is 4.72 Å². The van der Waals surface area contributed by atoms with Crippen LogP contribution in [-0.2, 0) is 14.8 Å². The summed E-state index contributed by atoms with van der Waals surface area (Å²) in [6, 6.07) is 8.92. The number of carbonyl (C=O) groups excluding carboxylic acids is 1. The number of nitrogens with one attached hydrogen (secondary N) is 1. The number of halogens is 2.